The van der Waals surface area contributed by atoms with Crippen molar-refractivity contribution in [1.29, 1.82) is 0 Å². The van der Waals surface area contributed by atoms with Crippen molar-refractivity contribution in [2.24, 2.45) is 5.73 Å². The number of hydrogen-bond donors (Lipinski definition) is 1. The number of aryl methyl sites for hydroxylation is 1. The third kappa shape index (κ3) is 1.73. The minimum atomic E-state index is -0.470. The van der Waals surface area contributed by atoms with Crippen LogP contribution in [0.3, 0.4) is 0 Å². The lowest BCUT2D eigenvalue weighted by Crippen LogP contribution is -2.34. The van der Waals surface area contributed by atoms with Crippen LogP contribution >= 0.6 is 0 Å². The predicted octanol–water partition coefficient (Wildman–Crippen LogP) is 3.04. The summed E-state index contributed by atoms with van der Waals surface area (Å²) >= 11 is 0. The van der Waals surface area contributed by atoms with Gasteiger partial charge >= 0.3 is 0 Å². The summed E-state index contributed by atoms with van der Waals surface area (Å²) < 4.78 is 27.8. The monoisotopic (exact) mass is 225 g/mol. The van der Waals surface area contributed by atoms with Crippen molar-refractivity contribution in [2.45, 2.75) is 38.0 Å². The SMILES string of the molecule is Cc1cc(F)c(C2(CN)CCCC2)c(F)c1. The zero-order valence-electron chi connectivity index (χ0n) is 9.52. The minimum absolute atomic E-state index is 0.207. The van der Waals surface area contributed by atoms with Gasteiger partial charge in [-0.3, -0.25) is 0 Å². The normalized spacial score (nSPS) is 19.0. The lowest BCUT2D eigenvalue weighted by atomic mass is 9.78. The van der Waals surface area contributed by atoms with Crippen LogP contribution in [0.25, 0.3) is 0 Å². The maximum absolute atomic E-state index is 13.9. The Morgan fingerprint density at radius 3 is 2.12 bits per heavy atom. The Morgan fingerprint density at radius 2 is 1.69 bits per heavy atom. The molecule has 16 heavy (non-hydrogen) atoms. The van der Waals surface area contributed by atoms with Crippen LogP contribution in [-0.4, -0.2) is 6.54 Å². The van der Waals surface area contributed by atoms with Crippen LogP contribution in [0.1, 0.15) is 36.8 Å². The molecule has 0 bridgehead atoms. The van der Waals surface area contributed by atoms with E-state index in [2.05, 4.69) is 0 Å². The van der Waals surface area contributed by atoms with Gasteiger partial charge in [-0.1, -0.05) is 12.8 Å². The van der Waals surface area contributed by atoms with Crippen molar-refractivity contribution >= 4 is 0 Å². The molecule has 1 saturated carbocycles. The highest BCUT2D eigenvalue weighted by molar-refractivity contribution is 5.33. The summed E-state index contributed by atoms with van der Waals surface area (Å²) in [7, 11) is 0. The number of halogens is 2. The highest BCUT2D eigenvalue weighted by atomic mass is 19.1. The minimum Gasteiger partial charge on any atom is -0.330 e. The summed E-state index contributed by atoms with van der Waals surface area (Å²) in [5.74, 6) is -0.880. The van der Waals surface area contributed by atoms with Crippen molar-refractivity contribution in [3.05, 3.63) is 34.9 Å². The topological polar surface area (TPSA) is 26.0 Å². The van der Waals surface area contributed by atoms with Gasteiger partial charge in [0.25, 0.3) is 0 Å². The molecule has 0 saturated heterocycles. The zero-order valence-corrected chi connectivity index (χ0v) is 9.52. The van der Waals surface area contributed by atoms with E-state index in [4.69, 9.17) is 5.73 Å². The Kier molecular flexibility index (Phi) is 2.98. The standard InChI is InChI=1S/C13H17F2N/c1-9-6-10(14)12(11(15)7-9)13(8-16)4-2-3-5-13/h6-7H,2-5,8,16H2,1H3. The first-order valence-corrected chi connectivity index (χ1v) is 5.75. The van der Waals surface area contributed by atoms with Gasteiger partial charge in [-0.2, -0.15) is 0 Å². The van der Waals surface area contributed by atoms with E-state index in [0.717, 1.165) is 25.7 Å². The summed E-state index contributed by atoms with van der Waals surface area (Å²) in [4.78, 5) is 0. The Labute approximate surface area is 94.7 Å². The summed E-state index contributed by atoms with van der Waals surface area (Å²) in [5.41, 5.74) is 6.09. The van der Waals surface area contributed by atoms with Crippen LogP contribution in [0.4, 0.5) is 8.78 Å². The molecule has 0 aliphatic heterocycles. The Balaban J connectivity index is 2.54. The highest BCUT2D eigenvalue weighted by Crippen LogP contribution is 2.42. The molecule has 1 fully saturated rings. The van der Waals surface area contributed by atoms with Crippen molar-refractivity contribution < 1.29 is 8.78 Å². The van der Waals surface area contributed by atoms with Gasteiger partial charge in [0, 0.05) is 17.5 Å². The molecule has 1 aromatic carbocycles. The molecule has 0 aromatic heterocycles. The second-order valence-corrected chi connectivity index (χ2v) is 4.80. The molecule has 0 atom stereocenters. The van der Waals surface area contributed by atoms with Gasteiger partial charge in [-0.25, -0.2) is 8.78 Å². The molecular formula is C13H17F2N. The first-order valence-electron chi connectivity index (χ1n) is 5.75. The van der Waals surface area contributed by atoms with Gasteiger partial charge in [0.2, 0.25) is 0 Å². The van der Waals surface area contributed by atoms with E-state index >= 15 is 0 Å². The van der Waals surface area contributed by atoms with Crippen molar-refractivity contribution in [3.8, 4) is 0 Å². The predicted molar refractivity (Wildman–Crippen MR) is 60.3 cm³/mol. The average Bonchev–Trinajstić information content (AvgIpc) is 2.66. The fraction of sp³-hybridized carbons (Fsp3) is 0.538. The Morgan fingerprint density at radius 1 is 1.19 bits per heavy atom. The first kappa shape index (κ1) is 11.5. The van der Waals surface area contributed by atoms with Gasteiger partial charge in [-0.05, 0) is 37.5 Å². The number of rotatable bonds is 2. The average molecular weight is 225 g/mol. The van der Waals surface area contributed by atoms with E-state index in [1.165, 1.54) is 12.1 Å². The Bertz CT molecular complexity index is 372. The van der Waals surface area contributed by atoms with Crippen molar-refractivity contribution in [1.82, 2.24) is 0 Å². The molecule has 1 nitrogen and oxygen atoms in total. The number of hydrogen-bond acceptors (Lipinski definition) is 1. The van der Waals surface area contributed by atoms with Gasteiger partial charge in [0.05, 0.1) is 0 Å². The number of benzene rings is 1. The molecule has 0 radical (unpaired) electrons. The summed E-state index contributed by atoms with van der Waals surface area (Å²) in [6.45, 7) is 2.02. The van der Waals surface area contributed by atoms with Crippen LogP contribution < -0.4 is 5.73 Å². The molecule has 2 rings (SSSR count). The second kappa shape index (κ2) is 4.13. The fourth-order valence-electron chi connectivity index (χ4n) is 2.81. The summed E-state index contributed by atoms with van der Waals surface area (Å²) in [6, 6.07) is 2.79. The maximum Gasteiger partial charge on any atom is 0.130 e. The molecule has 0 unspecified atom stereocenters. The molecule has 0 spiro atoms. The second-order valence-electron chi connectivity index (χ2n) is 4.80. The van der Waals surface area contributed by atoms with Gasteiger partial charge in [0.1, 0.15) is 11.6 Å². The fourth-order valence-corrected chi connectivity index (χ4v) is 2.81. The maximum atomic E-state index is 13.9. The van der Waals surface area contributed by atoms with Crippen LogP contribution in [0.5, 0.6) is 0 Å². The highest BCUT2D eigenvalue weighted by Gasteiger charge is 2.38. The van der Waals surface area contributed by atoms with E-state index in [-0.39, 0.29) is 5.56 Å². The van der Waals surface area contributed by atoms with Crippen LogP contribution in [0.15, 0.2) is 12.1 Å². The van der Waals surface area contributed by atoms with Crippen LogP contribution in [0, 0.1) is 18.6 Å². The molecule has 1 aliphatic rings. The van der Waals surface area contributed by atoms with E-state index in [1.807, 2.05) is 0 Å². The summed E-state index contributed by atoms with van der Waals surface area (Å²) in [6.07, 6.45) is 3.59. The quantitative estimate of drug-likeness (QED) is 0.822. The van der Waals surface area contributed by atoms with E-state index in [1.54, 1.807) is 6.92 Å². The van der Waals surface area contributed by atoms with Gasteiger partial charge < -0.3 is 5.73 Å². The van der Waals surface area contributed by atoms with Crippen LogP contribution in [0.2, 0.25) is 0 Å². The van der Waals surface area contributed by atoms with Crippen LogP contribution in [-0.2, 0) is 5.41 Å². The third-order valence-corrected chi connectivity index (χ3v) is 3.67. The molecule has 2 N–H and O–H groups in total. The van der Waals surface area contributed by atoms with Crippen molar-refractivity contribution in [3.63, 3.8) is 0 Å². The molecule has 0 heterocycles. The van der Waals surface area contributed by atoms with Crippen molar-refractivity contribution in [2.75, 3.05) is 6.54 Å². The first-order chi connectivity index (χ1) is 7.59. The van der Waals surface area contributed by atoms with Gasteiger partial charge in [-0.15, -0.1) is 0 Å². The largest absolute Gasteiger partial charge is 0.330 e. The molecule has 88 valence electrons. The lowest BCUT2D eigenvalue weighted by Gasteiger charge is -2.28. The van der Waals surface area contributed by atoms with Gasteiger partial charge in [0.15, 0.2) is 0 Å². The van der Waals surface area contributed by atoms with E-state index in [9.17, 15) is 8.78 Å². The van der Waals surface area contributed by atoms with E-state index in [0.29, 0.717) is 12.1 Å². The molecule has 0 amide bonds. The zero-order chi connectivity index (χ0) is 11.8. The molecule has 1 aromatic rings. The molecule has 1 aliphatic carbocycles. The smallest absolute Gasteiger partial charge is 0.130 e. The Hall–Kier alpha value is -0.960. The number of nitrogens with two attached hydrogens (primary N) is 1. The third-order valence-electron chi connectivity index (χ3n) is 3.67. The summed E-state index contributed by atoms with van der Waals surface area (Å²) in [5, 5.41) is 0. The molecule has 3 heteroatoms. The lowest BCUT2D eigenvalue weighted by molar-refractivity contribution is 0.400. The van der Waals surface area contributed by atoms with E-state index < -0.39 is 17.0 Å². The molecular weight excluding hydrogens is 208 g/mol.